The number of aliphatic carboxylic acids is 1. The zero-order chi connectivity index (χ0) is 25.6. The van der Waals surface area contributed by atoms with Crippen molar-refractivity contribution in [3.05, 3.63) is 58.8 Å². The molecule has 4 nitrogen and oxygen atoms in total. The second-order valence-corrected chi connectivity index (χ2v) is 9.79. The highest BCUT2D eigenvalue weighted by atomic mass is 35.5. The van der Waals surface area contributed by atoms with Crippen LogP contribution in [0.1, 0.15) is 96.8 Å². The molecule has 6 heteroatoms. The molecule has 0 saturated carbocycles. The lowest BCUT2D eigenvalue weighted by Gasteiger charge is -2.07. The number of carbonyl (C=O) groups is 1. The van der Waals surface area contributed by atoms with E-state index in [1.54, 1.807) is 6.07 Å². The monoisotopic (exact) mass is 523 g/mol. The molecule has 35 heavy (non-hydrogen) atoms. The lowest BCUT2D eigenvalue weighted by molar-refractivity contribution is -0.697. The van der Waals surface area contributed by atoms with Gasteiger partial charge in [-0.3, -0.25) is 0 Å². The molecule has 0 aliphatic heterocycles. The predicted octanol–water partition coefficient (Wildman–Crippen LogP) is 7.58. The van der Waals surface area contributed by atoms with Gasteiger partial charge in [0.15, 0.2) is 12.4 Å². The average Bonchev–Trinajstić information content (AvgIpc) is 2.84. The summed E-state index contributed by atoms with van der Waals surface area (Å²) >= 11 is 11.3. The number of aromatic nitrogens is 1. The van der Waals surface area contributed by atoms with Gasteiger partial charge in [0.2, 0.25) is 0 Å². The third-order valence-electron chi connectivity index (χ3n) is 5.79. The number of pyridine rings is 1. The van der Waals surface area contributed by atoms with Gasteiger partial charge in [0, 0.05) is 23.6 Å². The van der Waals surface area contributed by atoms with E-state index >= 15 is 0 Å². The van der Waals surface area contributed by atoms with E-state index < -0.39 is 12.6 Å². The summed E-state index contributed by atoms with van der Waals surface area (Å²) in [6.45, 7) is 2.95. The molecule has 196 valence electrons. The summed E-state index contributed by atoms with van der Waals surface area (Å²) in [5.41, 5.74) is 0. The van der Waals surface area contributed by atoms with Crippen LogP contribution in [0.15, 0.2) is 48.8 Å². The Morgan fingerprint density at radius 3 is 1.80 bits per heavy atom. The number of unbranched alkanes of at least 4 members (excludes halogenated alkanes) is 13. The van der Waals surface area contributed by atoms with Gasteiger partial charge < -0.3 is 14.6 Å². The predicted molar refractivity (Wildman–Crippen MR) is 144 cm³/mol. The smallest absolute Gasteiger partial charge is 0.168 e. The van der Waals surface area contributed by atoms with Gasteiger partial charge in [-0.1, -0.05) is 113 Å². The number of aryl methyl sites for hydroxylation is 1. The van der Waals surface area contributed by atoms with E-state index in [0.717, 1.165) is 0 Å². The zero-order valence-electron chi connectivity index (χ0n) is 21.4. The summed E-state index contributed by atoms with van der Waals surface area (Å²) in [6, 6.07) is 10.8. The molecular formula is C29H43Cl2NO3. The first kappa shape index (κ1) is 31.3. The molecule has 0 amide bonds. The number of halogens is 2. The maximum atomic E-state index is 10.0. The number of ether oxygens (including phenoxy) is 1. The van der Waals surface area contributed by atoms with E-state index in [4.69, 9.17) is 27.9 Å². The molecule has 1 heterocycles. The van der Waals surface area contributed by atoms with Gasteiger partial charge in [0.25, 0.3) is 0 Å². The summed E-state index contributed by atoms with van der Waals surface area (Å²) in [4.78, 5) is 10.0. The van der Waals surface area contributed by atoms with E-state index in [0.29, 0.717) is 5.02 Å². The van der Waals surface area contributed by atoms with Crippen LogP contribution in [-0.4, -0.2) is 12.6 Å². The minimum atomic E-state index is -1.30. The van der Waals surface area contributed by atoms with Gasteiger partial charge in [-0.25, -0.2) is 4.57 Å². The maximum Gasteiger partial charge on any atom is 0.168 e. The number of rotatable bonds is 18. The summed E-state index contributed by atoms with van der Waals surface area (Å²) in [7, 11) is 0. The van der Waals surface area contributed by atoms with Crippen molar-refractivity contribution in [2.75, 3.05) is 6.61 Å². The summed E-state index contributed by atoms with van der Waals surface area (Å²) in [6.07, 6.45) is 24.4. The SMILES string of the molecule is CCCCCCCCCCCCCCCC[n+]1ccccc1.O=C([O-])COc1ccc(Cl)cc1Cl. The van der Waals surface area contributed by atoms with Gasteiger partial charge in [0.05, 0.1) is 11.0 Å². The van der Waals surface area contributed by atoms with E-state index in [2.05, 4.69) is 42.1 Å². The van der Waals surface area contributed by atoms with Gasteiger partial charge in [0.1, 0.15) is 18.9 Å². The molecule has 1 aromatic carbocycles. The first-order valence-electron chi connectivity index (χ1n) is 13.2. The van der Waals surface area contributed by atoms with Gasteiger partial charge in [-0.05, 0) is 24.6 Å². The molecule has 0 spiro atoms. The Kier molecular flexibility index (Phi) is 19.2. The molecule has 0 bridgehead atoms. The molecule has 0 radical (unpaired) electrons. The number of carbonyl (C=O) groups excluding carboxylic acids is 1. The fourth-order valence-electron chi connectivity index (χ4n) is 3.80. The van der Waals surface area contributed by atoms with Crippen LogP contribution in [0.3, 0.4) is 0 Å². The topological polar surface area (TPSA) is 53.2 Å². The minimum absolute atomic E-state index is 0.272. The minimum Gasteiger partial charge on any atom is -0.546 e. The van der Waals surface area contributed by atoms with Crippen LogP contribution in [-0.2, 0) is 11.3 Å². The molecule has 0 aliphatic carbocycles. The standard InChI is InChI=1S/C21H38N.C8H6Cl2O3/c1-2-3-4-5-6-7-8-9-10-11-12-13-14-16-19-22-20-17-15-18-21-22;9-5-1-2-7(6(10)3-5)13-4-8(11)12/h15,17-18,20-21H,2-14,16,19H2,1H3;1-3H,4H2,(H,11,12)/q+1;/p-1. The van der Waals surface area contributed by atoms with Crippen molar-refractivity contribution in [2.24, 2.45) is 0 Å². The lowest BCUT2D eigenvalue weighted by Crippen LogP contribution is -2.32. The van der Waals surface area contributed by atoms with Crippen LogP contribution in [0.25, 0.3) is 0 Å². The first-order chi connectivity index (χ1) is 17.0. The number of benzene rings is 1. The Balaban J connectivity index is 0.000000400. The largest absolute Gasteiger partial charge is 0.546 e. The summed E-state index contributed by atoms with van der Waals surface area (Å²) in [5.74, 6) is -1.03. The highest BCUT2D eigenvalue weighted by Crippen LogP contribution is 2.27. The van der Waals surface area contributed by atoms with Crippen LogP contribution in [0.5, 0.6) is 5.75 Å². The molecule has 0 unspecified atom stereocenters. The highest BCUT2D eigenvalue weighted by Gasteiger charge is 2.01. The van der Waals surface area contributed by atoms with Gasteiger partial charge in [-0.15, -0.1) is 0 Å². The van der Waals surface area contributed by atoms with Crippen molar-refractivity contribution < 1.29 is 19.2 Å². The number of carboxylic acid groups (broad SMARTS) is 1. The van der Waals surface area contributed by atoms with Crippen LogP contribution in [0, 0.1) is 0 Å². The molecule has 0 N–H and O–H groups in total. The highest BCUT2D eigenvalue weighted by molar-refractivity contribution is 6.35. The fraction of sp³-hybridized carbons (Fsp3) is 0.586. The zero-order valence-corrected chi connectivity index (χ0v) is 22.9. The Morgan fingerprint density at radius 2 is 1.31 bits per heavy atom. The van der Waals surface area contributed by atoms with Gasteiger partial charge >= 0.3 is 0 Å². The molecule has 2 aromatic rings. The number of hydrogen-bond donors (Lipinski definition) is 0. The second kappa shape index (κ2) is 21.5. The first-order valence-corrected chi connectivity index (χ1v) is 14.0. The van der Waals surface area contributed by atoms with Crippen LogP contribution in [0.2, 0.25) is 10.0 Å². The molecular weight excluding hydrogens is 481 g/mol. The molecule has 0 fully saturated rings. The Hall–Kier alpha value is -1.78. The summed E-state index contributed by atoms with van der Waals surface area (Å²) in [5, 5.41) is 10.8. The quantitative estimate of drug-likeness (QED) is 0.149. The van der Waals surface area contributed by atoms with Crippen molar-refractivity contribution in [3.8, 4) is 5.75 Å². The van der Waals surface area contributed by atoms with E-state index in [9.17, 15) is 9.90 Å². The van der Waals surface area contributed by atoms with E-state index in [-0.39, 0.29) is 10.8 Å². The number of nitrogens with zero attached hydrogens (tertiary/aromatic N) is 1. The number of carboxylic acids is 1. The Bertz CT molecular complexity index is 787. The lowest BCUT2D eigenvalue weighted by atomic mass is 10.0. The maximum absolute atomic E-state index is 10.0. The normalized spacial score (nSPS) is 10.5. The Labute approximate surface area is 222 Å². The second-order valence-electron chi connectivity index (χ2n) is 8.94. The molecule has 1 aromatic heterocycles. The van der Waals surface area contributed by atoms with E-state index in [1.807, 2.05) is 0 Å². The van der Waals surface area contributed by atoms with Crippen LogP contribution >= 0.6 is 23.2 Å². The third-order valence-corrected chi connectivity index (χ3v) is 6.32. The van der Waals surface area contributed by atoms with Crippen molar-refractivity contribution >= 4 is 29.2 Å². The van der Waals surface area contributed by atoms with E-state index in [1.165, 1.54) is 109 Å². The Morgan fingerprint density at radius 1 is 0.800 bits per heavy atom. The van der Waals surface area contributed by atoms with Gasteiger partial charge in [-0.2, -0.15) is 0 Å². The molecule has 0 aliphatic rings. The number of hydrogen-bond acceptors (Lipinski definition) is 3. The van der Waals surface area contributed by atoms with Crippen LogP contribution < -0.4 is 14.4 Å². The average molecular weight is 525 g/mol. The molecule has 0 atom stereocenters. The fourth-order valence-corrected chi connectivity index (χ4v) is 4.26. The molecule has 0 saturated heterocycles. The molecule has 2 rings (SSSR count). The van der Waals surface area contributed by atoms with Crippen LogP contribution in [0.4, 0.5) is 0 Å². The third kappa shape index (κ3) is 18.2. The van der Waals surface area contributed by atoms with Crippen molar-refractivity contribution in [3.63, 3.8) is 0 Å². The summed E-state index contributed by atoms with van der Waals surface area (Å²) < 4.78 is 7.09. The van der Waals surface area contributed by atoms with Crippen molar-refractivity contribution in [1.29, 1.82) is 0 Å². The van der Waals surface area contributed by atoms with Crippen molar-refractivity contribution in [1.82, 2.24) is 0 Å². The van der Waals surface area contributed by atoms with Crippen molar-refractivity contribution in [2.45, 2.75) is 103 Å².